The van der Waals surface area contributed by atoms with Crippen LogP contribution in [0.2, 0.25) is 0 Å². The largest absolute Gasteiger partial charge is 0.324 e. The summed E-state index contributed by atoms with van der Waals surface area (Å²) in [5.41, 5.74) is 1.75. The maximum Gasteiger partial charge on any atom is 0.324 e. The highest BCUT2D eigenvalue weighted by Crippen LogP contribution is 2.20. The molecule has 5 nitrogen and oxygen atoms in total. The van der Waals surface area contributed by atoms with Crippen molar-refractivity contribution in [2.75, 3.05) is 10.6 Å². The number of halogens is 1. The van der Waals surface area contributed by atoms with Crippen molar-refractivity contribution in [2.45, 2.75) is 6.92 Å². The number of carbonyl (C=O) groups is 1. The molecular formula is C11H11BrN4O. The van der Waals surface area contributed by atoms with E-state index in [4.69, 9.17) is 0 Å². The summed E-state index contributed by atoms with van der Waals surface area (Å²) in [6, 6.07) is 7.02. The van der Waals surface area contributed by atoms with E-state index in [1.165, 1.54) is 0 Å². The molecule has 3 N–H and O–H groups in total. The van der Waals surface area contributed by atoms with Gasteiger partial charge in [-0.05, 0) is 30.7 Å². The van der Waals surface area contributed by atoms with Gasteiger partial charge >= 0.3 is 6.03 Å². The third-order valence-electron chi connectivity index (χ3n) is 2.19. The van der Waals surface area contributed by atoms with Crippen LogP contribution in [0.3, 0.4) is 0 Å². The van der Waals surface area contributed by atoms with Crippen molar-refractivity contribution >= 4 is 33.5 Å². The van der Waals surface area contributed by atoms with Crippen molar-refractivity contribution in [1.29, 1.82) is 0 Å². The van der Waals surface area contributed by atoms with Crippen LogP contribution >= 0.6 is 15.9 Å². The zero-order valence-corrected chi connectivity index (χ0v) is 10.7. The average Bonchev–Trinajstić information content (AvgIpc) is 2.75. The Kier molecular flexibility index (Phi) is 3.43. The van der Waals surface area contributed by atoms with Crippen LogP contribution < -0.4 is 10.6 Å². The lowest BCUT2D eigenvalue weighted by molar-refractivity contribution is 0.262. The van der Waals surface area contributed by atoms with E-state index in [-0.39, 0.29) is 6.03 Å². The number of anilines is 2. The molecule has 0 saturated carbocycles. The molecule has 0 unspecified atom stereocenters. The zero-order valence-electron chi connectivity index (χ0n) is 9.12. The lowest BCUT2D eigenvalue weighted by Gasteiger charge is -2.08. The number of urea groups is 1. The van der Waals surface area contributed by atoms with Crippen LogP contribution in [0, 0.1) is 6.92 Å². The van der Waals surface area contributed by atoms with Crippen LogP contribution in [0.4, 0.5) is 16.3 Å². The van der Waals surface area contributed by atoms with Crippen LogP contribution in [0.5, 0.6) is 0 Å². The molecular weight excluding hydrogens is 284 g/mol. The SMILES string of the molecule is Cc1cc(Br)ccc1NC(=O)Nc1ccn[nH]1. The Bertz CT molecular complexity index is 524. The van der Waals surface area contributed by atoms with Gasteiger partial charge in [-0.1, -0.05) is 15.9 Å². The second-order valence-electron chi connectivity index (χ2n) is 3.51. The molecule has 0 radical (unpaired) electrons. The molecule has 88 valence electrons. The van der Waals surface area contributed by atoms with E-state index in [0.29, 0.717) is 5.82 Å². The molecule has 0 spiro atoms. The van der Waals surface area contributed by atoms with Crippen molar-refractivity contribution in [2.24, 2.45) is 0 Å². The van der Waals surface area contributed by atoms with E-state index in [2.05, 4.69) is 36.8 Å². The van der Waals surface area contributed by atoms with E-state index in [0.717, 1.165) is 15.7 Å². The lowest BCUT2D eigenvalue weighted by atomic mass is 10.2. The van der Waals surface area contributed by atoms with E-state index < -0.39 is 0 Å². The molecule has 2 rings (SSSR count). The number of rotatable bonds is 2. The number of H-pyrrole nitrogens is 1. The number of aromatic amines is 1. The summed E-state index contributed by atoms with van der Waals surface area (Å²) in [5, 5.41) is 11.8. The minimum atomic E-state index is -0.306. The van der Waals surface area contributed by atoms with Crippen molar-refractivity contribution in [3.63, 3.8) is 0 Å². The molecule has 0 bridgehead atoms. The van der Waals surface area contributed by atoms with Crippen molar-refractivity contribution in [3.8, 4) is 0 Å². The normalized spacial score (nSPS) is 10.0. The van der Waals surface area contributed by atoms with Crippen LogP contribution in [0.25, 0.3) is 0 Å². The Morgan fingerprint density at radius 3 is 2.82 bits per heavy atom. The van der Waals surface area contributed by atoms with Gasteiger partial charge in [-0.3, -0.25) is 10.4 Å². The van der Waals surface area contributed by atoms with Gasteiger partial charge in [-0.25, -0.2) is 4.79 Å². The molecule has 1 aromatic carbocycles. The maximum absolute atomic E-state index is 11.6. The predicted molar refractivity (Wildman–Crippen MR) is 70.1 cm³/mol. The van der Waals surface area contributed by atoms with Crippen LogP contribution in [0.15, 0.2) is 34.9 Å². The summed E-state index contributed by atoms with van der Waals surface area (Å²) < 4.78 is 0.981. The predicted octanol–water partition coefficient (Wildman–Crippen LogP) is 3.12. The minimum absolute atomic E-state index is 0.306. The first kappa shape index (κ1) is 11.7. The molecule has 0 aliphatic rings. The highest BCUT2D eigenvalue weighted by atomic mass is 79.9. The van der Waals surface area contributed by atoms with Gasteiger partial charge in [0.1, 0.15) is 5.82 Å². The Hall–Kier alpha value is -1.82. The first-order chi connectivity index (χ1) is 8.15. The summed E-state index contributed by atoms with van der Waals surface area (Å²) in [7, 11) is 0. The van der Waals surface area contributed by atoms with E-state index in [1.54, 1.807) is 12.3 Å². The summed E-state index contributed by atoms with van der Waals surface area (Å²) >= 11 is 3.37. The number of nitrogens with zero attached hydrogens (tertiary/aromatic N) is 1. The number of carbonyl (C=O) groups excluding carboxylic acids is 1. The van der Waals surface area contributed by atoms with Gasteiger partial charge in [0.25, 0.3) is 0 Å². The first-order valence-corrected chi connectivity index (χ1v) is 5.78. The number of aromatic nitrogens is 2. The molecule has 2 aromatic rings. The van der Waals surface area contributed by atoms with Gasteiger partial charge in [0, 0.05) is 16.2 Å². The Morgan fingerprint density at radius 2 is 2.18 bits per heavy atom. The monoisotopic (exact) mass is 294 g/mol. The van der Waals surface area contributed by atoms with Gasteiger partial charge in [0.15, 0.2) is 0 Å². The Labute approximate surface area is 107 Å². The Morgan fingerprint density at radius 1 is 1.35 bits per heavy atom. The fourth-order valence-corrected chi connectivity index (χ4v) is 1.84. The summed E-state index contributed by atoms with van der Waals surface area (Å²) in [6.07, 6.45) is 1.57. The number of amides is 2. The quantitative estimate of drug-likeness (QED) is 0.796. The van der Waals surface area contributed by atoms with Gasteiger partial charge in [-0.15, -0.1) is 0 Å². The van der Waals surface area contributed by atoms with Gasteiger partial charge in [0.2, 0.25) is 0 Å². The molecule has 0 aliphatic carbocycles. The molecule has 0 saturated heterocycles. The molecule has 1 aromatic heterocycles. The molecule has 2 amide bonds. The number of hydrogen-bond acceptors (Lipinski definition) is 2. The molecule has 1 heterocycles. The van der Waals surface area contributed by atoms with Crippen molar-refractivity contribution in [1.82, 2.24) is 10.2 Å². The number of hydrogen-bond donors (Lipinski definition) is 3. The first-order valence-electron chi connectivity index (χ1n) is 4.98. The summed E-state index contributed by atoms with van der Waals surface area (Å²) in [4.78, 5) is 11.6. The number of benzene rings is 1. The fourth-order valence-electron chi connectivity index (χ4n) is 1.37. The van der Waals surface area contributed by atoms with Crippen molar-refractivity contribution in [3.05, 3.63) is 40.5 Å². The molecule has 6 heteroatoms. The maximum atomic E-state index is 11.6. The van der Waals surface area contributed by atoms with Gasteiger partial charge in [0.05, 0.1) is 6.20 Å². The van der Waals surface area contributed by atoms with Crippen molar-refractivity contribution < 1.29 is 4.79 Å². The Balaban J connectivity index is 2.03. The fraction of sp³-hybridized carbons (Fsp3) is 0.0909. The summed E-state index contributed by atoms with van der Waals surface area (Å²) in [5.74, 6) is 0.553. The van der Waals surface area contributed by atoms with E-state index >= 15 is 0 Å². The molecule has 0 aliphatic heterocycles. The van der Waals surface area contributed by atoms with Crippen LogP contribution in [0.1, 0.15) is 5.56 Å². The van der Waals surface area contributed by atoms with E-state index in [1.807, 2.05) is 25.1 Å². The molecule has 0 atom stereocenters. The lowest BCUT2D eigenvalue weighted by Crippen LogP contribution is -2.20. The van der Waals surface area contributed by atoms with E-state index in [9.17, 15) is 4.79 Å². The van der Waals surface area contributed by atoms with Crippen LogP contribution in [-0.2, 0) is 0 Å². The average molecular weight is 295 g/mol. The van der Waals surface area contributed by atoms with Gasteiger partial charge in [-0.2, -0.15) is 5.10 Å². The molecule has 0 fully saturated rings. The van der Waals surface area contributed by atoms with Gasteiger partial charge < -0.3 is 5.32 Å². The standard InChI is InChI=1S/C11H11BrN4O/c1-7-6-8(12)2-3-9(7)14-11(17)15-10-4-5-13-16-10/h2-6H,1H3,(H3,13,14,15,16,17). The second-order valence-corrected chi connectivity index (χ2v) is 4.42. The molecule has 17 heavy (non-hydrogen) atoms. The highest BCUT2D eigenvalue weighted by molar-refractivity contribution is 9.10. The second kappa shape index (κ2) is 5.01. The van der Waals surface area contributed by atoms with Crippen LogP contribution in [-0.4, -0.2) is 16.2 Å². The number of nitrogens with one attached hydrogen (secondary N) is 3. The topological polar surface area (TPSA) is 69.8 Å². The highest BCUT2D eigenvalue weighted by Gasteiger charge is 2.05. The zero-order chi connectivity index (χ0) is 12.3. The third-order valence-corrected chi connectivity index (χ3v) is 2.68. The minimum Gasteiger partial charge on any atom is -0.307 e. The summed E-state index contributed by atoms with van der Waals surface area (Å²) in [6.45, 7) is 1.93. The third kappa shape index (κ3) is 3.07. The number of aryl methyl sites for hydroxylation is 1. The smallest absolute Gasteiger partial charge is 0.307 e.